The number of nitrogens with zero attached hydrogens (tertiary/aromatic N) is 3. The number of halogens is 2. The molecule has 2 heterocycles. The summed E-state index contributed by atoms with van der Waals surface area (Å²) in [7, 11) is 3.21. The van der Waals surface area contributed by atoms with Crippen LogP contribution in [0.2, 0.25) is 10.0 Å². The average Bonchev–Trinajstić information content (AvgIpc) is 2.91. The Kier molecular flexibility index (Phi) is 9.04. The van der Waals surface area contributed by atoms with Crippen LogP contribution in [0.3, 0.4) is 0 Å². The van der Waals surface area contributed by atoms with Gasteiger partial charge in [-0.05, 0) is 55.8 Å². The number of hydrogen-bond donors (Lipinski definition) is 1. The second-order valence-electron chi connectivity index (χ2n) is 9.50. The van der Waals surface area contributed by atoms with Gasteiger partial charge in [0.1, 0.15) is 5.75 Å². The molecule has 0 bridgehead atoms. The molecule has 2 aliphatic rings. The summed E-state index contributed by atoms with van der Waals surface area (Å²) < 4.78 is 10.6. The van der Waals surface area contributed by atoms with Crippen molar-refractivity contribution >= 4 is 41.1 Å². The van der Waals surface area contributed by atoms with Crippen molar-refractivity contribution in [3.8, 4) is 5.75 Å². The van der Waals surface area contributed by atoms with E-state index in [-0.39, 0.29) is 24.6 Å². The zero-order valence-electron chi connectivity index (χ0n) is 22.4. The van der Waals surface area contributed by atoms with Crippen molar-refractivity contribution < 1.29 is 23.9 Å². The number of carbonyl (C=O) groups excluding carboxylic acids is 3. The van der Waals surface area contributed by atoms with Gasteiger partial charge in [0.2, 0.25) is 0 Å². The van der Waals surface area contributed by atoms with E-state index in [1.807, 2.05) is 11.8 Å². The molecule has 9 nitrogen and oxygen atoms in total. The molecule has 2 aliphatic heterocycles. The highest BCUT2D eigenvalue weighted by Gasteiger charge is 2.39. The van der Waals surface area contributed by atoms with Gasteiger partial charge in [0.05, 0.1) is 25.3 Å². The minimum absolute atomic E-state index is 0.0529. The fraction of sp³-hybridized carbons (Fsp3) is 0.393. The van der Waals surface area contributed by atoms with Crippen LogP contribution < -0.4 is 10.1 Å². The third-order valence-electron chi connectivity index (χ3n) is 7.03. The Morgan fingerprint density at radius 1 is 1.10 bits per heavy atom. The summed E-state index contributed by atoms with van der Waals surface area (Å²) in [6.45, 7) is 5.83. The van der Waals surface area contributed by atoms with Crippen molar-refractivity contribution in [2.75, 3.05) is 46.9 Å². The zero-order valence-corrected chi connectivity index (χ0v) is 23.9. The van der Waals surface area contributed by atoms with Gasteiger partial charge >= 0.3 is 12.0 Å². The lowest BCUT2D eigenvalue weighted by Gasteiger charge is -2.42. The van der Waals surface area contributed by atoms with E-state index in [9.17, 15) is 14.4 Å². The Hall–Kier alpha value is -3.27. The van der Waals surface area contributed by atoms with Crippen LogP contribution in [-0.2, 0) is 9.53 Å². The maximum Gasteiger partial charge on any atom is 0.338 e. The molecule has 0 aliphatic carbocycles. The topological polar surface area (TPSA) is 91.4 Å². The maximum absolute atomic E-state index is 13.3. The van der Waals surface area contributed by atoms with Crippen LogP contribution >= 0.6 is 23.2 Å². The number of hydrogen-bond acceptors (Lipinski definition) is 6. The number of carbonyl (C=O) groups is 3. The Morgan fingerprint density at radius 3 is 2.44 bits per heavy atom. The van der Waals surface area contributed by atoms with E-state index in [0.717, 1.165) is 0 Å². The Labute approximate surface area is 238 Å². The minimum Gasteiger partial charge on any atom is -0.497 e. The summed E-state index contributed by atoms with van der Waals surface area (Å²) in [5, 5.41) is 3.65. The summed E-state index contributed by atoms with van der Waals surface area (Å²) in [5.74, 6) is 0.105. The fourth-order valence-corrected chi connectivity index (χ4v) is 5.47. The highest BCUT2D eigenvalue weighted by atomic mass is 35.5. The molecule has 2 atom stereocenters. The number of rotatable bonds is 7. The number of urea groups is 1. The number of likely N-dealkylation sites (N-methyl/N-ethyl adjacent to an activating group) is 1. The summed E-state index contributed by atoms with van der Waals surface area (Å²) in [5.41, 5.74) is 1.98. The summed E-state index contributed by atoms with van der Waals surface area (Å²) in [6, 6.07) is 10.7. The first-order valence-corrected chi connectivity index (χ1v) is 13.5. The monoisotopic (exact) mass is 574 g/mol. The van der Waals surface area contributed by atoms with Crippen LogP contribution in [0.15, 0.2) is 53.7 Å². The van der Waals surface area contributed by atoms with Gasteiger partial charge in [-0.1, -0.05) is 29.3 Å². The molecule has 1 fully saturated rings. The van der Waals surface area contributed by atoms with E-state index in [2.05, 4.69) is 10.2 Å². The van der Waals surface area contributed by atoms with Gasteiger partial charge in [0, 0.05) is 60.6 Å². The molecule has 3 amide bonds. The Morgan fingerprint density at radius 2 is 1.82 bits per heavy atom. The van der Waals surface area contributed by atoms with E-state index in [1.165, 1.54) is 4.90 Å². The van der Waals surface area contributed by atoms with Crippen LogP contribution in [0, 0.1) is 0 Å². The third kappa shape index (κ3) is 6.16. The first kappa shape index (κ1) is 28.7. The molecule has 4 rings (SSSR count). The molecular weight excluding hydrogens is 543 g/mol. The molecule has 0 aromatic heterocycles. The molecule has 39 heavy (non-hydrogen) atoms. The molecule has 2 unspecified atom stereocenters. The highest BCUT2D eigenvalue weighted by molar-refractivity contribution is 6.35. The number of nitrogens with one attached hydrogen (secondary N) is 1. The number of esters is 1. The Bertz CT molecular complexity index is 1280. The third-order valence-corrected chi connectivity index (χ3v) is 7.59. The van der Waals surface area contributed by atoms with Crippen molar-refractivity contribution in [1.82, 2.24) is 20.0 Å². The zero-order chi connectivity index (χ0) is 28.3. The fourth-order valence-electron chi connectivity index (χ4n) is 4.96. The SMILES string of the molecule is CCOC(=O)C1=C(CN2CCN(C(=O)c3ccc(OC)cc3)C(C)C2)N(C)C(=O)NC1c1ccc(Cl)cc1Cl. The molecule has 2 aromatic rings. The number of methoxy groups -OCH3 is 1. The molecule has 0 radical (unpaired) electrons. The van der Waals surface area contributed by atoms with Crippen LogP contribution in [-0.4, -0.2) is 85.6 Å². The van der Waals surface area contributed by atoms with E-state index in [1.54, 1.807) is 63.5 Å². The van der Waals surface area contributed by atoms with Gasteiger partial charge < -0.3 is 19.7 Å². The van der Waals surface area contributed by atoms with Gasteiger partial charge in [-0.2, -0.15) is 0 Å². The van der Waals surface area contributed by atoms with Crippen LogP contribution in [0.1, 0.15) is 35.8 Å². The number of amides is 3. The number of piperazine rings is 1. The van der Waals surface area contributed by atoms with Gasteiger partial charge in [0.25, 0.3) is 5.91 Å². The summed E-state index contributed by atoms with van der Waals surface area (Å²) >= 11 is 12.6. The van der Waals surface area contributed by atoms with Crippen LogP contribution in [0.4, 0.5) is 4.79 Å². The van der Waals surface area contributed by atoms with Gasteiger partial charge in [-0.3, -0.25) is 14.6 Å². The first-order chi connectivity index (χ1) is 18.6. The van der Waals surface area contributed by atoms with E-state index < -0.39 is 12.0 Å². The van der Waals surface area contributed by atoms with Crippen molar-refractivity contribution in [3.05, 3.63) is 74.9 Å². The Balaban J connectivity index is 1.60. The van der Waals surface area contributed by atoms with Crippen molar-refractivity contribution in [2.45, 2.75) is 25.9 Å². The quantitative estimate of drug-likeness (QED) is 0.494. The number of ether oxygens (including phenoxy) is 2. The van der Waals surface area contributed by atoms with E-state index in [0.29, 0.717) is 64.4 Å². The predicted octanol–water partition coefficient (Wildman–Crippen LogP) is 4.36. The average molecular weight is 575 g/mol. The summed E-state index contributed by atoms with van der Waals surface area (Å²) in [4.78, 5) is 44.9. The second-order valence-corrected chi connectivity index (χ2v) is 10.3. The van der Waals surface area contributed by atoms with E-state index in [4.69, 9.17) is 32.7 Å². The molecule has 2 aromatic carbocycles. The van der Waals surface area contributed by atoms with Crippen molar-refractivity contribution in [3.63, 3.8) is 0 Å². The number of benzene rings is 2. The van der Waals surface area contributed by atoms with Gasteiger partial charge in [-0.25, -0.2) is 9.59 Å². The lowest BCUT2D eigenvalue weighted by molar-refractivity contribution is -0.139. The molecule has 1 saturated heterocycles. The maximum atomic E-state index is 13.3. The molecule has 0 saturated carbocycles. The smallest absolute Gasteiger partial charge is 0.338 e. The van der Waals surface area contributed by atoms with Crippen LogP contribution in [0.5, 0.6) is 5.75 Å². The molecule has 0 spiro atoms. The molecule has 1 N–H and O–H groups in total. The lowest BCUT2D eigenvalue weighted by Crippen LogP contribution is -2.56. The van der Waals surface area contributed by atoms with Crippen molar-refractivity contribution in [2.24, 2.45) is 0 Å². The minimum atomic E-state index is -0.803. The molecule has 208 valence electrons. The first-order valence-electron chi connectivity index (χ1n) is 12.7. The molecule has 11 heteroatoms. The van der Waals surface area contributed by atoms with Gasteiger partial charge in [0.15, 0.2) is 0 Å². The highest BCUT2D eigenvalue weighted by Crippen LogP contribution is 2.36. The summed E-state index contributed by atoms with van der Waals surface area (Å²) in [6.07, 6.45) is 0. The molecular formula is C28H32Cl2N4O5. The van der Waals surface area contributed by atoms with Crippen LogP contribution in [0.25, 0.3) is 0 Å². The van der Waals surface area contributed by atoms with Crippen molar-refractivity contribution in [1.29, 1.82) is 0 Å². The normalized spacial score (nSPS) is 20.1. The predicted molar refractivity (Wildman–Crippen MR) is 149 cm³/mol. The second kappa shape index (κ2) is 12.3. The largest absolute Gasteiger partial charge is 0.497 e. The van der Waals surface area contributed by atoms with Gasteiger partial charge in [-0.15, -0.1) is 0 Å². The van der Waals surface area contributed by atoms with E-state index >= 15 is 0 Å². The standard InChI is InChI=1S/C28H32Cl2N4O5/c1-5-39-27(36)24-23(32(3)28(37)31-25(24)21-11-8-19(29)14-22(21)30)16-33-12-13-34(17(2)15-33)26(35)18-6-9-20(38-4)10-7-18/h6-11,14,17,25H,5,12-13,15-16H2,1-4H3,(H,31,37). The lowest BCUT2D eigenvalue weighted by atomic mass is 9.94.